The van der Waals surface area contributed by atoms with E-state index in [0.717, 1.165) is 24.5 Å². The monoisotopic (exact) mass is 329 g/mol. The summed E-state index contributed by atoms with van der Waals surface area (Å²) in [5.41, 5.74) is -0.954. The Bertz CT molecular complexity index is 754. The minimum absolute atomic E-state index is 0.129. The number of esters is 2. The summed E-state index contributed by atoms with van der Waals surface area (Å²) >= 11 is 0. The number of rotatable bonds is 4. The van der Waals surface area contributed by atoms with Crippen LogP contribution >= 0.6 is 0 Å². The maximum Gasteiger partial charge on any atom is 0.347 e. The predicted octanol–water partition coefficient (Wildman–Crippen LogP) is 0.471. The fourth-order valence-corrected chi connectivity index (χ4v) is 2.71. The van der Waals surface area contributed by atoms with Gasteiger partial charge in [-0.2, -0.15) is 0 Å². The average Bonchev–Trinajstić information content (AvgIpc) is 2.82. The largest absolute Gasteiger partial charge is 0.463 e. The number of benzene rings is 1. The summed E-state index contributed by atoms with van der Waals surface area (Å²) in [6.07, 6.45) is -0.0307. The first-order chi connectivity index (χ1) is 10.2. The van der Waals surface area contributed by atoms with Crippen LogP contribution in [0.3, 0.4) is 0 Å². The molecule has 0 radical (unpaired) electrons. The fourth-order valence-electron chi connectivity index (χ4n) is 1.88. The maximum atomic E-state index is 11.9. The SMILES string of the molecule is CS(=O)(=O)c1ccc(C(=O)O[C@H]2CCOC2=O)cc1[N+](=O)[O-]. The molecule has 1 saturated heterocycles. The molecule has 0 N–H and O–H groups in total. The summed E-state index contributed by atoms with van der Waals surface area (Å²) in [5.74, 6) is -1.65. The first-order valence-corrected chi connectivity index (χ1v) is 7.95. The van der Waals surface area contributed by atoms with Crippen LogP contribution in [0.2, 0.25) is 0 Å². The zero-order valence-electron chi connectivity index (χ0n) is 11.3. The smallest absolute Gasteiger partial charge is 0.347 e. The molecular formula is C12H11NO8S. The molecule has 1 aliphatic rings. The highest BCUT2D eigenvalue weighted by molar-refractivity contribution is 7.90. The zero-order valence-corrected chi connectivity index (χ0v) is 12.2. The van der Waals surface area contributed by atoms with Gasteiger partial charge in [0.25, 0.3) is 5.69 Å². The van der Waals surface area contributed by atoms with Crippen LogP contribution in [0.15, 0.2) is 23.1 Å². The van der Waals surface area contributed by atoms with E-state index in [1.165, 1.54) is 0 Å². The third kappa shape index (κ3) is 3.22. The lowest BCUT2D eigenvalue weighted by Gasteiger charge is -2.09. The van der Waals surface area contributed by atoms with Crippen molar-refractivity contribution in [2.45, 2.75) is 17.4 Å². The van der Waals surface area contributed by atoms with Gasteiger partial charge in [0.1, 0.15) is 4.90 Å². The number of carbonyl (C=O) groups excluding carboxylic acids is 2. The Kier molecular flexibility index (Phi) is 4.13. The van der Waals surface area contributed by atoms with Crippen molar-refractivity contribution < 1.29 is 32.4 Å². The van der Waals surface area contributed by atoms with E-state index in [2.05, 4.69) is 4.74 Å². The molecule has 10 heteroatoms. The predicted molar refractivity (Wildman–Crippen MR) is 71.0 cm³/mol. The lowest BCUT2D eigenvalue weighted by atomic mass is 10.2. The quantitative estimate of drug-likeness (QED) is 0.442. The van der Waals surface area contributed by atoms with E-state index in [0.29, 0.717) is 0 Å². The van der Waals surface area contributed by atoms with Crippen LogP contribution in [0.4, 0.5) is 5.69 Å². The number of nitrogens with zero attached hydrogens (tertiary/aromatic N) is 1. The Labute approximate surface area is 124 Å². The number of cyclic esters (lactones) is 1. The molecule has 1 heterocycles. The van der Waals surface area contributed by atoms with Gasteiger partial charge in [0.2, 0.25) is 6.10 Å². The number of nitro groups is 1. The average molecular weight is 329 g/mol. The maximum absolute atomic E-state index is 11.9. The number of sulfone groups is 1. The van der Waals surface area contributed by atoms with E-state index >= 15 is 0 Å². The number of carbonyl (C=O) groups is 2. The molecule has 0 saturated carbocycles. The lowest BCUT2D eigenvalue weighted by molar-refractivity contribution is -0.387. The molecule has 1 aromatic rings. The van der Waals surface area contributed by atoms with Gasteiger partial charge in [-0.3, -0.25) is 10.1 Å². The number of ether oxygens (including phenoxy) is 2. The Morgan fingerprint density at radius 3 is 2.64 bits per heavy atom. The molecule has 118 valence electrons. The van der Waals surface area contributed by atoms with E-state index in [9.17, 15) is 28.1 Å². The van der Waals surface area contributed by atoms with Crippen LogP contribution in [-0.2, 0) is 24.1 Å². The van der Waals surface area contributed by atoms with Crippen LogP contribution < -0.4 is 0 Å². The molecule has 1 aliphatic heterocycles. The molecular weight excluding hydrogens is 318 g/mol. The van der Waals surface area contributed by atoms with E-state index in [1.807, 2.05) is 0 Å². The van der Waals surface area contributed by atoms with Gasteiger partial charge in [-0.05, 0) is 12.1 Å². The third-order valence-electron chi connectivity index (χ3n) is 2.93. The molecule has 0 spiro atoms. The Morgan fingerprint density at radius 2 is 2.14 bits per heavy atom. The van der Waals surface area contributed by atoms with E-state index in [-0.39, 0.29) is 18.6 Å². The molecule has 0 bridgehead atoms. The van der Waals surface area contributed by atoms with Gasteiger partial charge in [-0.25, -0.2) is 18.0 Å². The van der Waals surface area contributed by atoms with Crippen molar-refractivity contribution >= 4 is 27.5 Å². The minimum Gasteiger partial charge on any atom is -0.463 e. The molecule has 0 amide bonds. The van der Waals surface area contributed by atoms with Crippen molar-refractivity contribution in [3.63, 3.8) is 0 Å². The Hall–Kier alpha value is -2.49. The first-order valence-electron chi connectivity index (χ1n) is 6.06. The summed E-state index contributed by atoms with van der Waals surface area (Å²) < 4.78 is 32.5. The Balaban J connectivity index is 2.32. The molecule has 2 rings (SSSR count). The summed E-state index contributed by atoms with van der Waals surface area (Å²) in [6.45, 7) is 0.129. The summed E-state index contributed by atoms with van der Waals surface area (Å²) in [6, 6.07) is 2.85. The molecule has 1 atom stereocenters. The number of hydrogen-bond donors (Lipinski definition) is 0. The lowest BCUT2D eigenvalue weighted by Crippen LogP contribution is -2.22. The standard InChI is InChI=1S/C12H11NO8S/c1-22(18,19)10-3-2-7(6-8(10)13(16)17)11(14)21-9-4-5-20-12(9)15/h2-3,6,9H,4-5H2,1H3/t9-/m0/s1. The summed E-state index contributed by atoms with van der Waals surface area (Å²) in [7, 11) is -3.82. The van der Waals surface area contributed by atoms with Crippen LogP contribution in [0.1, 0.15) is 16.8 Å². The van der Waals surface area contributed by atoms with Gasteiger partial charge in [0.15, 0.2) is 9.84 Å². The topological polar surface area (TPSA) is 130 Å². The number of hydrogen-bond acceptors (Lipinski definition) is 8. The second-order valence-corrected chi connectivity index (χ2v) is 6.55. The fraction of sp³-hybridized carbons (Fsp3) is 0.333. The van der Waals surface area contributed by atoms with Gasteiger partial charge >= 0.3 is 11.9 Å². The molecule has 0 aromatic heterocycles. The van der Waals surface area contributed by atoms with E-state index in [1.54, 1.807) is 0 Å². The highest BCUT2D eigenvalue weighted by atomic mass is 32.2. The van der Waals surface area contributed by atoms with Crippen molar-refractivity contribution in [3.8, 4) is 0 Å². The van der Waals surface area contributed by atoms with Crippen LogP contribution in [0, 0.1) is 10.1 Å². The second kappa shape index (κ2) is 5.72. The highest BCUT2D eigenvalue weighted by Gasteiger charge is 2.31. The zero-order chi connectivity index (χ0) is 16.5. The molecule has 1 fully saturated rings. The van der Waals surface area contributed by atoms with Gasteiger partial charge in [-0.1, -0.05) is 0 Å². The summed E-state index contributed by atoms with van der Waals surface area (Å²) in [4.78, 5) is 32.6. The van der Waals surface area contributed by atoms with Crippen molar-refractivity contribution in [3.05, 3.63) is 33.9 Å². The van der Waals surface area contributed by atoms with Gasteiger partial charge < -0.3 is 9.47 Å². The van der Waals surface area contributed by atoms with Gasteiger partial charge in [0.05, 0.1) is 17.1 Å². The molecule has 0 unspecified atom stereocenters. The minimum atomic E-state index is -3.82. The first kappa shape index (κ1) is 15.9. The highest BCUT2D eigenvalue weighted by Crippen LogP contribution is 2.25. The van der Waals surface area contributed by atoms with Crippen LogP contribution in [0.25, 0.3) is 0 Å². The van der Waals surface area contributed by atoms with Crippen molar-refractivity contribution in [1.29, 1.82) is 0 Å². The van der Waals surface area contributed by atoms with E-state index in [4.69, 9.17) is 4.74 Å². The van der Waals surface area contributed by atoms with Crippen molar-refractivity contribution in [2.24, 2.45) is 0 Å². The second-order valence-electron chi connectivity index (χ2n) is 4.56. The van der Waals surface area contributed by atoms with Gasteiger partial charge in [-0.15, -0.1) is 0 Å². The van der Waals surface area contributed by atoms with Crippen molar-refractivity contribution in [2.75, 3.05) is 12.9 Å². The third-order valence-corrected chi connectivity index (χ3v) is 4.07. The number of nitro benzene ring substituents is 1. The molecule has 1 aromatic carbocycles. The van der Waals surface area contributed by atoms with Crippen LogP contribution in [0.5, 0.6) is 0 Å². The van der Waals surface area contributed by atoms with E-state index < -0.39 is 43.4 Å². The molecule has 22 heavy (non-hydrogen) atoms. The molecule has 0 aliphatic carbocycles. The summed E-state index contributed by atoms with van der Waals surface area (Å²) in [5, 5.41) is 11.0. The Morgan fingerprint density at radius 1 is 1.45 bits per heavy atom. The normalized spacial score (nSPS) is 17.9. The van der Waals surface area contributed by atoms with Gasteiger partial charge in [0, 0.05) is 18.7 Å². The molecule has 9 nitrogen and oxygen atoms in total. The van der Waals surface area contributed by atoms with Crippen LogP contribution in [-0.4, -0.2) is 44.2 Å². The van der Waals surface area contributed by atoms with Crippen molar-refractivity contribution in [1.82, 2.24) is 0 Å².